The third-order valence-electron chi connectivity index (χ3n) is 6.70. The van der Waals surface area contributed by atoms with Gasteiger partial charge in [0.2, 0.25) is 5.91 Å². The number of hydrazine groups is 1. The number of piperidine rings is 2. The molecule has 26 heavy (non-hydrogen) atoms. The molecule has 0 aromatic heterocycles. The summed E-state index contributed by atoms with van der Waals surface area (Å²) in [7, 11) is 0. The third kappa shape index (κ3) is 3.53. The Bertz CT molecular complexity index is 606. The van der Waals surface area contributed by atoms with Crippen molar-refractivity contribution in [3.63, 3.8) is 0 Å². The first-order valence-electron chi connectivity index (χ1n) is 10.2. The molecule has 0 saturated carbocycles. The first kappa shape index (κ1) is 18.0. The highest BCUT2D eigenvalue weighted by Gasteiger charge is 2.41. The molecule has 3 atom stereocenters. The Labute approximate surface area is 156 Å². The Morgan fingerprint density at radius 1 is 1.19 bits per heavy atom. The maximum Gasteiger partial charge on any atom is 0.229 e. The molecule has 3 aliphatic heterocycles. The summed E-state index contributed by atoms with van der Waals surface area (Å²) in [6, 6.07) is 11.3. The number of hydrogen-bond acceptors (Lipinski definition) is 4. The summed E-state index contributed by atoms with van der Waals surface area (Å²) < 4.78 is 0. The molecule has 3 heterocycles. The molecule has 5 nitrogen and oxygen atoms in total. The van der Waals surface area contributed by atoms with Gasteiger partial charge in [-0.1, -0.05) is 30.3 Å². The van der Waals surface area contributed by atoms with Crippen LogP contribution in [0.15, 0.2) is 30.3 Å². The fraction of sp³-hybridized carbons (Fsp3) is 0.667. The van der Waals surface area contributed by atoms with E-state index in [1.807, 2.05) is 0 Å². The Hall–Kier alpha value is -1.43. The molecule has 3 aliphatic rings. The number of benzene rings is 1. The lowest BCUT2D eigenvalue weighted by molar-refractivity contribution is -0.143. The summed E-state index contributed by atoms with van der Waals surface area (Å²) in [5.74, 6) is 1.50. The smallest absolute Gasteiger partial charge is 0.229 e. The summed E-state index contributed by atoms with van der Waals surface area (Å²) in [5, 5.41) is 3.41. The van der Waals surface area contributed by atoms with Crippen LogP contribution < -0.4 is 16.2 Å². The number of nitrogens with zero attached hydrogens (tertiary/aromatic N) is 1. The van der Waals surface area contributed by atoms with Gasteiger partial charge in [0.05, 0.1) is 5.41 Å². The van der Waals surface area contributed by atoms with Gasteiger partial charge >= 0.3 is 0 Å². The molecule has 0 bridgehead atoms. The molecule has 0 spiro atoms. The largest absolute Gasteiger partial charge is 0.342 e. The van der Waals surface area contributed by atoms with Gasteiger partial charge in [-0.25, -0.2) is 0 Å². The lowest BCUT2D eigenvalue weighted by Crippen LogP contribution is -2.53. The van der Waals surface area contributed by atoms with Crippen LogP contribution >= 0.6 is 0 Å². The monoisotopic (exact) mass is 356 g/mol. The highest BCUT2D eigenvalue weighted by Crippen LogP contribution is 2.34. The van der Waals surface area contributed by atoms with E-state index in [0.29, 0.717) is 23.8 Å². The number of amides is 1. The van der Waals surface area contributed by atoms with E-state index in [-0.39, 0.29) is 5.41 Å². The standard InChI is InChI=1S/C21H32N4O/c1-21(10-5-11-22-15-21)20(26)25-12-8-17(9-13-25)19-18(14-23-24-19)16-6-3-2-4-7-16/h2-4,6-7,17-19,22-24H,5,8-15H2,1H3. The highest BCUT2D eigenvalue weighted by molar-refractivity contribution is 5.82. The van der Waals surface area contributed by atoms with E-state index in [0.717, 1.165) is 58.4 Å². The lowest BCUT2D eigenvalue weighted by atomic mass is 9.78. The van der Waals surface area contributed by atoms with Gasteiger partial charge in [-0.15, -0.1) is 0 Å². The van der Waals surface area contributed by atoms with Gasteiger partial charge in [0.15, 0.2) is 0 Å². The van der Waals surface area contributed by atoms with E-state index in [1.54, 1.807) is 0 Å². The molecule has 0 aliphatic carbocycles. The Balaban J connectivity index is 1.36. The van der Waals surface area contributed by atoms with Crippen molar-refractivity contribution in [2.24, 2.45) is 11.3 Å². The van der Waals surface area contributed by atoms with Gasteiger partial charge in [0.1, 0.15) is 0 Å². The predicted octanol–water partition coefficient (Wildman–Crippen LogP) is 1.87. The van der Waals surface area contributed by atoms with Crippen molar-refractivity contribution < 1.29 is 4.79 Å². The zero-order valence-electron chi connectivity index (χ0n) is 15.8. The average Bonchev–Trinajstić information content (AvgIpc) is 3.19. The predicted molar refractivity (Wildman–Crippen MR) is 104 cm³/mol. The SMILES string of the molecule is CC1(C(=O)N2CCC(C3NNCC3c3ccccc3)CC2)CCCNC1. The molecule has 3 unspecified atom stereocenters. The topological polar surface area (TPSA) is 56.4 Å². The fourth-order valence-electron chi connectivity index (χ4n) is 5.07. The first-order valence-corrected chi connectivity index (χ1v) is 10.2. The van der Waals surface area contributed by atoms with E-state index in [9.17, 15) is 4.79 Å². The van der Waals surface area contributed by atoms with E-state index in [1.165, 1.54) is 5.56 Å². The Morgan fingerprint density at radius 3 is 2.65 bits per heavy atom. The molecule has 5 heteroatoms. The second-order valence-electron chi connectivity index (χ2n) is 8.54. The average molecular weight is 357 g/mol. The van der Waals surface area contributed by atoms with Crippen LogP contribution in [0.4, 0.5) is 0 Å². The lowest BCUT2D eigenvalue weighted by Gasteiger charge is -2.42. The Kier molecular flexibility index (Phi) is 5.30. The van der Waals surface area contributed by atoms with E-state index in [4.69, 9.17) is 0 Å². The summed E-state index contributed by atoms with van der Waals surface area (Å²) in [6.45, 7) is 6.80. The van der Waals surface area contributed by atoms with Crippen molar-refractivity contribution in [1.82, 2.24) is 21.1 Å². The second-order valence-corrected chi connectivity index (χ2v) is 8.54. The molecule has 142 valence electrons. The number of rotatable bonds is 3. The van der Waals surface area contributed by atoms with Gasteiger partial charge in [-0.05, 0) is 50.6 Å². The first-order chi connectivity index (χ1) is 12.7. The number of hydrogen-bond donors (Lipinski definition) is 3. The summed E-state index contributed by atoms with van der Waals surface area (Å²) in [4.78, 5) is 15.2. The molecule has 1 aromatic rings. The molecule has 0 radical (unpaired) electrons. The van der Waals surface area contributed by atoms with Crippen molar-refractivity contribution in [2.45, 2.75) is 44.6 Å². The van der Waals surface area contributed by atoms with Crippen LogP contribution in [0.2, 0.25) is 0 Å². The van der Waals surface area contributed by atoms with Crippen LogP contribution in [-0.4, -0.2) is 49.6 Å². The fourth-order valence-corrected chi connectivity index (χ4v) is 5.07. The van der Waals surface area contributed by atoms with Crippen LogP contribution in [0.25, 0.3) is 0 Å². The summed E-state index contributed by atoms with van der Waals surface area (Å²) >= 11 is 0. The zero-order valence-corrected chi connectivity index (χ0v) is 15.8. The van der Waals surface area contributed by atoms with Crippen molar-refractivity contribution in [3.05, 3.63) is 35.9 Å². The molecule has 3 saturated heterocycles. The maximum absolute atomic E-state index is 13.0. The summed E-state index contributed by atoms with van der Waals surface area (Å²) in [6.07, 6.45) is 4.31. The summed E-state index contributed by atoms with van der Waals surface area (Å²) in [5.41, 5.74) is 8.11. The molecule has 1 aromatic carbocycles. The molecule has 3 fully saturated rings. The molecule has 4 rings (SSSR count). The van der Waals surface area contributed by atoms with Gasteiger partial charge in [-0.3, -0.25) is 15.6 Å². The van der Waals surface area contributed by atoms with E-state index in [2.05, 4.69) is 58.3 Å². The van der Waals surface area contributed by atoms with Gasteiger partial charge in [-0.2, -0.15) is 0 Å². The molecule has 3 N–H and O–H groups in total. The maximum atomic E-state index is 13.0. The minimum atomic E-state index is -0.204. The normalized spacial score (nSPS) is 33.3. The van der Waals surface area contributed by atoms with Gasteiger partial charge < -0.3 is 10.2 Å². The number of carbonyl (C=O) groups is 1. The third-order valence-corrected chi connectivity index (χ3v) is 6.70. The van der Waals surface area contributed by atoms with Crippen LogP contribution in [0.3, 0.4) is 0 Å². The number of nitrogens with one attached hydrogen (secondary N) is 3. The van der Waals surface area contributed by atoms with Crippen LogP contribution in [0.1, 0.15) is 44.1 Å². The van der Waals surface area contributed by atoms with Crippen molar-refractivity contribution in [2.75, 3.05) is 32.7 Å². The van der Waals surface area contributed by atoms with Gasteiger partial charge in [0, 0.05) is 38.1 Å². The van der Waals surface area contributed by atoms with Crippen molar-refractivity contribution in [3.8, 4) is 0 Å². The Morgan fingerprint density at radius 2 is 1.96 bits per heavy atom. The van der Waals surface area contributed by atoms with Crippen LogP contribution in [0, 0.1) is 11.3 Å². The number of carbonyl (C=O) groups excluding carboxylic acids is 1. The zero-order chi connectivity index (χ0) is 18.0. The second kappa shape index (κ2) is 7.67. The number of likely N-dealkylation sites (tertiary alicyclic amines) is 1. The van der Waals surface area contributed by atoms with Gasteiger partial charge in [0.25, 0.3) is 0 Å². The van der Waals surface area contributed by atoms with E-state index >= 15 is 0 Å². The van der Waals surface area contributed by atoms with Crippen LogP contribution in [-0.2, 0) is 4.79 Å². The van der Waals surface area contributed by atoms with E-state index < -0.39 is 0 Å². The minimum Gasteiger partial charge on any atom is -0.342 e. The van der Waals surface area contributed by atoms with Crippen LogP contribution in [0.5, 0.6) is 0 Å². The molecular weight excluding hydrogens is 324 g/mol. The van der Waals surface area contributed by atoms with Crippen molar-refractivity contribution >= 4 is 5.91 Å². The quantitative estimate of drug-likeness (QED) is 0.774. The van der Waals surface area contributed by atoms with Crippen molar-refractivity contribution in [1.29, 1.82) is 0 Å². The molecular formula is C21H32N4O. The highest BCUT2D eigenvalue weighted by atomic mass is 16.2. The molecule has 1 amide bonds. The minimum absolute atomic E-state index is 0.204.